The van der Waals surface area contributed by atoms with Crippen molar-refractivity contribution in [2.75, 3.05) is 26.2 Å². The minimum absolute atomic E-state index is 0.432. The summed E-state index contributed by atoms with van der Waals surface area (Å²) in [5.41, 5.74) is 0. The first kappa shape index (κ1) is 14.9. The second kappa shape index (κ2) is 6.44. The Morgan fingerprint density at radius 1 is 1.21 bits per heavy atom. The van der Waals surface area contributed by atoms with Crippen LogP contribution in [0.5, 0.6) is 0 Å². The Kier molecular flexibility index (Phi) is 6.84. The van der Waals surface area contributed by atoms with Crippen LogP contribution < -0.4 is 0 Å². The molecule has 0 spiro atoms. The second-order valence-electron chi connectivity index (χ2n) is 5.88. The van der Waals surface area contributed by atoms with Gasteiger partial charge >= 0.3 is 0 Å². The van der Waals surface area contributed by atoms with E-state index in [2.05, 4.69) is 43.1 Å². The molecule has 0 heterocycles. The lowest BCUT2D eigenvalue weighted by molar-refractivity contribution is 0.391. The van der Waals surface area contributed by atoms with Crippen molar-refractivity contribution in [2.45, 2.75) is 51.1 Å². The van der Waals surface area contributed by atoms with E-state index in [4.69, 9.17) is 0 Å². The highest BCUT2D eigenvalue weighted by Gasteiger charge is 2.25. The summed E-state index contributed by atoms with van der Waals surface area (Å²) in [5.74, 6) is 0. The molecule has 0 nitrogen and oxygen atoms in total. The number of hydrogen-bond acceptors (Lipinski definition) is 0. The van der Waals surface area contributed by atoms with Crippen LogP contribution in [0, 0.1) is 0 Å². The lowest BCUT2D eigenvalue weighted by atomic mass is 9.86. The molecule has 0 aromatic heterocycles. The zero-order chi connectivity index (χ0) is 11.2. The summed E-state index contributed by atoms with van der Waals surface area (Å²) in [5, 5.41) is 0.639. The molecular formula is C12H29P2+. The number of rotatable bonds is 3. The van der Waals surface area contributed by atoms with Crippen molar-refractivity contribution in [3.63, 3.8) is 0 Å². The molecule has 1 atom stereocenters. The van der Waals surface area contributed by atoms with Gasteiger partial charge in [-0.3, -0.25) is 0 Å². The maximum absolute atomic E-state index is 2.88. The molecular weight excluding hydrogens is 206 g/mol. The van der Waals surface area contributed by atoms with E-state index in [-0.39, 0.29) is 0 Å². The predicted octanol–water partition coefficient (Wildman–Crippen LogP) is 4.50. The highest BCUT2D eigenvalue weighted by atomic mass is 31.2. The van der Waals surface area contributed by atoms with E-state index in [1.807, 2.05) is 0 Å². The SMILES string of the molecule is CC1(P)CCC1.CCCC[P+](C)(C)C. The summed E-state index contributed by atoms with van der Waals surface area (Å²) in [6, 6.07) is 0. The number of unbranched alkanes of at least 4 members (excludes halogenated alkanes) is 1. The Hall–Kier alpha value is 0.860. The molecule has 1 rings (SSSR count). The topological polar surface area (TPSA) is 0 Å². The third kappa shape index (κ3) is 9.42. The largest absolute Gasteiger partial charge is 0.131 e. The van der Waals surface area contributed by atoms with E-state index in [1.165, 1.54) is 38.3 Å². The Morgan fingerprint density at radius 2 is 1.64 bits per heavy atom. The van der Waals surface area contributed by atoms with Gasteiger partial charge in [0.25, 0.3) is 0 Å². The van der Waals surface area contributed by atoms with Crippen LogP contribution in [0.3, 0.4) is 0 Å². The first-order valence-corrected chi connectivity index (χ1v) is 9.75. The van der Waals surface area contributed by atoms with Crippen LogP contribution >= 0.6 is 16.5 Å². The van der Waals surface area contributed by atoms with Gasteiger partial charge in [0.1, 0.15) is 0 Å². The standard InChI is InChI=1S/C7H18P.C5H11P/c1-5-6-7-8(2,3)4;1-5(6)3-2-4-5/h5-7H2,1-4H3;2-4,6H2,1H3/q+1;. The van der Waals surface area contributed by atoms with Crippen molar-refractivity contribution in [1.82, 2.24) is 0 Å². The summed E-state index contributed by atoms with van der Waals surface area (Å²) in [6.45, 7) is 11.8. The van der Waals surface area contributed by atoms with E-state index in [9.17, 15) is 0 Å². The maximum atomic E-state index is 2.88. The lowest BCUT2D eigenvalue weighted by Crippen LogP contribution is -2.24. The van der Waals surface area contributed by atoms with Gasteiger partial charge in [0.15, 0.2) is 0 Å². The first-order valence-electron chi connectivity index (χ1n) is 5.86. The average molecular weight is 235 g/mol. The van der Waals surface area contributed by atoms with Crippen molar-refractivity contribution in [3.8, 4) is 0 Å². The quantitative estimate of drug-likeness (QED) is 0.632. The minimum Gasteiger partial charge on any atom is -0.131 e. The average Bonchev–Trinajstić information content (AvgIpc) is 1.98. The third-order valence-electron chi connectivity index (χ3n) is 2.68. The predicted molar refractivity (Wildman–Crippen MR) is 76.4 cm³/mol. The molecule has 0 saturated heterocycles. The third-order valence-corrected chi connectivity index (χ3v) is 4.91. The van der Waals surface area contributed by atoms with Crippen molar-refractivity contribution >= 4 is 16.5 Å². The highest BCUT2D eigenvalue weighted by molar-refractivity contribution is 7.73. The van der Waals surface area contributed by atoms with Gasteiger partial charge < -0.3 is 0 Å². The number of hydrogen-bond donors (Lipinski definition) is 0. The molecule has 0 radical (unpaired) electrons. The molecule has 2 heteroatoms. The van der Waals surface area contributed by atoms with Crippen LogP contribution in [0.1, 0.15) is 46.0 Å². The van der Waals surface area contributed by atoms with Crippen molar-refractivity contribution in [1.29, 1.82) is 0 Å². The zero-order valence-electron chi connectivity index (χ0n) is 10.8. The zero-order valence-corrected chi connectivity index (χ0v) is 12.8. The highest BCUT2D eigenvalue weighted by Crippen LogP contribution is 2.46. The molecule has 1 aliphatic rings. The summed E-state index contributed by atoms with van der Waals surface area (Å²) >= 11 is 0. The van der Waals surface area contributed by atoms with Gasteiger partial charge in [-0.2, -0.15) is 0 Å². The summed E-state index contributed by atoms with van der Waals surface area (Å²) < 4.78 is 0. The van der Waals surface area contributed by atoms with E-state index in [0.29, 0.717) is 5.16 Å². The van der Waals surface area contributed by atoms with E-state index in [1.54, 1.807) is 0 Å². The van der Waals surface area contributed by atoms with E-state index in [0.717, 1.165) is 0 Å². The van der Waals surface area contributed by atoms with E-state index >= 15 is 0 Å². The van der Waals surface area contributed by atoms with Crippen LogP contribution in [0.4, 0.5) is 0 Å². The van der Waals surface area contributed by atoms with Crippen LogP contribution in [0.2, 0.25) is 0 Å². The fourth-order valence-electron chi connectivity index (χ4n) is 1.37. The second-order valence-corrected chi connectivity index (χ2v) is 12.3. The van der Waals surface area contributed by atoms with Crippen molar-refractivity contribution < 1.29 is 0 Å². The van der Waals surface area contributed by atoms with Gasteiger partial charge in [0, 0.05) is 27.3 Å². The fraction of sp³-hybridized carbons (Fsp3) is 1.00. The molecule has 0 aliphatic heterocycles. The van der Waals surface area contributed by atoms with Gasteiger partial charge in [0.2, 0.25) is 0 Å². The van der Waals surface area contributed by atoms with Crippen molar-refractivity contribution in [3.05, 3.63) is 0 Å². The van der Waals surface area contributed by atoms with Gasteiger partial charge in [-0.1, -0.05) is 26.7 Å². The van der Waals surface area contributed by atoms with Crippen molar-refractivity contribution in [2.24, 2.45) is 0 Å². The molecule has 14 heavy (non-hydrogen) atoms. The smallest absolute Gasteiger partial charge is 0.0586 e. The normalized spacial score (nSPS) is 19.3. The fourth-order valence-corrected chi connectivity index (χ4v) is 3.04. The molecule has 1 fully saturated rings. The van der Waals surface area contributed by atoms with Gasteiger partial charge in [-0.15, -0.1) is 9.24 Å². The monoisotopic (exact) mass is 235 g/mol. The Labute approximate surface area is 94.2 Å². The van der Waals surface area contributed by atoms with E-state index < -0.39 is 7.26 Å². The molecule has 0 amide bonds. The Balaban J connectivity index is 0.000000249. The van der Waals surface area contributed by atoms with Crippen LogP contribution in [0.25, 0.3) is 0 Å². The molecule has 1 unspecified atom stereocenters. The molecule has 0 N–H and O–H groups in total. The Morgan fingerprint density at radius 3 is 1.71 bits per heavy atom. The molecule has 1 aliphatic carbocycles. The van der Waals surface area contributed by atoms with Gasteiger partial charge in [0.05, 0.1) is 6.16 Å². The molecule has 1 saturated carbocycles. The molecule has 0 bridgehead atoms. The summed E-state index contributed by atoms with van der Waals surface area (Å²) in [7, 11) is 2.45. The minimum atomic E-state index is -0.432. The van der Waals surface area contributed by atoms with Crippen LogP contribution in [-0.4, -0.2) is 31.3 Å². The Bertz CT molecular complexity index is 139. The first-order chi connectivity index (χ1) is 6.27. The summed E-state index contributed by atoms with van der Waals surface area (Å²) in [6.07, 6.45) is 8.54. The maximum Gasteiger partial charge on any atom is 0.0586 e. The molecule has 0 aromatic carbocycles. The summed E-state index contributed by atoms with van der Waals surface area (Å²) in [4.78, 5) is 0. The van der Waals surface area contributed by atoms with Crippen LogP contribution in [0.15, 0.2) is 0 Å². The van der Waals surface area contributed by atoms with Crippen LogP contribution in [-0.2, 0) is 0 Å². The molecule has 0 aromatic rings. The molecule has 86 valence electrons. The van der Waals surface area contributed by atoms with Gasteiger partial charge in [-0.25, -0.2) is 0 Å². The van der Waals surface area contributed by atoms with Gasteiger partial charge in [-0.05, 0) is 24.4 Å². The lowest BCUT2D eigenvalue weighted by Gasteiger charge is -2.33.